The first kappa shape index (κ1) is 25.3. The van der Waals surface area contributed by atoms with E-state index in [2.05, 4.69) is 5.32 Å². The molecule has 184 valence electrons. The van der Waals surface area contributed by atoms with Crippen LogP contribution in [0.4, 0.5) is 24.5 Å². The Bertz CT molecular complexity index is 1020. The molecule has 0 bridgehead atoms. The lowest BCUT2D eigenvalue weighted by molar-refractivity contribution is -0.384. The molecule has 0 spiro atoms. The average Bonchev–Trinajstić information content (AvgIpc) is 2.80. The van der Waals surface area contributed by atoms with E-state index in [4.69, 9.17) is 4.74 Å². The van der Waals surface area contributed by atoms with E-state index in [9.17, 15) is 33.2 Å². The van der Waals surface area contributed by atoms with Crippen molar-refractivity contribution in [3.63, 3.8) is 0 Å². The average molecular weight is 481 g/mol. The van der Waals surface area contributed by atoms with Crippen LogP contribution in [0.25, 0.3) is 0 Å². The van der Waals surface area contributed by atoms with Crippen molar-refractivity contribution in [3.05, 3.63) is 63.7 Å². The Balaban J connectivity index is 1.49. The number of amides is 1. The molecule has 2 N–H and O–H groups in total. The Hall–Kier alpha value is -3.34. The first-order valence-electron chi connectivity index (χ1n) is 10.8. The number of alkyl halides is 3. The highest BCUT2D eigenvalue weighted by Gasteiger charge is 2.35. The Morgan fingerprint density at radius 2 is 1.97 bits per heavy atom. The van der Waals surface area contributed by atoms with Gasteiger partial charge in [-0.2, -0.15) is 13.2 Å². The molecule has 1 fully saturated rings. The number of nitrogens with zero attached hydrogens (tertiary/aromatic N) is 2. The molecule has 1 amide bonds. The monoisotopic (exact) mass is 481 g/mol. The zero-order chi connectivity index (χ0) is 24.9. The highest BCUT2D eigenvalue weighted by molar-refractivity contribution is 5.79. The van der Waals surface area contributed by atoms with E-state index in [1.165, 1.54) is 0 Å². The molecule has 3 rings (SSSR count). The summed E-state index contributed by atoms with van der Waals surface area (Å²) in [4.78, 5) is 24.6. The van der Waals surface area contributed by atoms with Gasteiger partial charge in [-0.3, -0.25) is 14.9 Å². The number of nitro benzene ring substituents is 1. The quantitative estimate of drug-likeness (QED) is 0.440. The molecule has 1 atom stereocenters. The zero-order valence-electron chi connectivity index (χ0n) is 18.5. The van der Waals surface area contributed by atoms with Gasteiger partial charge in [-0.05, 0) is 49.6 Å². The lowest BCUT2D eigenvalue weighted by atomic mass is 9.95. The summed E-state index contributed by atoms with van der Waals surface area (Å²) in [5.41, 5.74) is -0.578. The lowest BCUT2D eigenvalue weighted by Gasteiger charge is -2.33. The highest BCUT2D eigenvalue weighted by atomic mass is 19.4. The number of anilines is 1. The maximum atomic E-state index is 12.9. The number of hydrogen-bond acceptors (Lipinski definition) is 6. The van der Waals surface area contributed by atoms with Gasteiger partial charge in [-0.25, -0.2) is 0 Å². The maximum absolute atomic E-state index is 12.9. The van der Waals surface area contributed by atoms with Gasteiger partial charge in [0.15, 0.2) is 0 Å². The number of benzene rings is 2. The first-order chi connectivity index (χ1) is 16.0. The van der Waals surface area contributed by atoms with Crippen molar-refractivity contribution in [2.45, 2.75) is 32.0 Å². The molecule has 0 aliphatic carbocycles. The fourth-order valence-electron chi connectivity index (χ4n) is 3.82. The number of halogens is 3. The van der Waals surface area contributed by atoms with Crippen LogP contribution in [-0.2, 0) is 11.0 Å². The summed E-state index contributed by atoms with van der Waals surface area (Å²) >= 11 is 0. The van der Waals surface area contributed by atoms with Crippen LogP contribution in [0.1, 0.15) is 24.0 Å². The van der Waals surface area contributed by atoms with Gasteiger partial charge < -0.3 is 20.1 Å². The third kappa shape index (κ3) is 6.60. The third-order valence-corrected chi connectivity index (χ3v) is 5.65. The molecule has 1 aliphatic heterocycles. The van der Waals surface area contributed by atoms with E-state index in [1.807, 2.05) is 25.1 Å². The Kier molecular flexibility index (Phi) is 7.98. The molecule has 8 nitrogen and oxygen atoms in total. The van der Waals surface area contributed by atoms with E-state index >= 15 is 0 Å². The number of carbonyl (C=O) groups excluding carboxylic acids is 1. The molecule has 2 aromatic carbocycles. The van der Waals surface area contributed by atoms with E-state index in [0.29, 0.717) is 24.7 Å². The molecule has 1 unspecified atom stereocenters. The van der Waals surface area contributed by atoms with Gasteiger partial charge in [0.1, 0.15) is 24.1 Å². The normalized spacial score (nSPS) is 15.6. The Labute approximate surface area is 194 Å². The Morgan fingerprint density at radius 3 is 2.59 bits per heavy atom. The first-order valence-corrected chi connectivity index (χ1v) is 10.8. The van der Waals surface area contributed by atoms with Gasteiger partial charge in [-0.15, -0.1) is 0 Å². The maximum Gasteiger partial charge on any atom is 0.416 e. The minimum atomic E-state index is -4.68. The number of piperidine rings is 1. The summed E-state index contributed by atoms with van der Waals surface area (Å²) in [5, 5.41) is 24.1. The molecule has 0 radical (unpaired) electrons. The molecular formula is C23H26F3N3O5. The second kappa shape index (κ2) is 10.7. The second-order valence-electron chi connectivity index (χ2n) is 8.25. The number of rotatable bonds is 8. The summed E-state index contributed by atoms with van der Waals surface area (Å²) in [6.45, 7) is 2.51. The predicted octanol–water partition coefficient (Wildman–Crippen LogP) is 3.69. The van der Waals surface area contributed by atoms with Crippen LogP contribution in [0.3, 0.4) is 0 Å². The SMILES string of the molecule is Cc1cccc(OCC(O)CNC(=O)C2CCN(c3ccc(C(F)(F)F)cc3[N+](=O)[O-])CC2)c1. The smallest absolute Gasteiger partial charge is 0.416 e. The van der Waals surface area contributed by atoms with Gasteiger partial charge in [-0.1, -0.05) is 12.1 Å². The standard InChI is InChI=1S/C23H26F3N3O5/c1-15-3-2-4-19(11-15)34-14-18(30)13-27-22(31)16-7-9-28(10-8-16)20-6-5-17(23(24,25)26)12-21(20)29(32)33/h2-6,11-12,16,18,30H,7-10,13-14H2,1H3,(H,27,31). The molecule has 2 aromatic rings. The van der Waals surface area contributed by atoms with Gasteiger partial charge in [0, 0.05) is 31.6 Å². The van der Waals surface area contributed by atoms with Crippen LogP contribution in [-0.4, -0.2) is 48.3 Å². The molecule has 11 heteroatoms. The fourth-order valence-corrected chi connectivity index (χ4v) is 3.82. The van der Waals surface area contributed by atoms with Crippen LogP contribution in [0.15, 0.2) is 42.5 Å². The minimum Gasteiger partial charge on any atom is -0.491 e. The largest absolute Gasteiger partial charge is 0.491 e. The van der Waals surface area contributed by atoms with Crippen molar-refractivity contribution < 1.29 is 32.7 Å². The topological polar surface area (TPSA) is 105 Å². The van der Waals surface area contributed by atoms with Crippen molar-refractivity contribution in [2.24, 2.45) is 5.92 Å². The van der Waals surface area contributed by atoms with Gasteiger partial charge in [0.2, 0.25) is 5.91 Å². The van der Waals surface area contributed by atoms with Crippen LogP contribution >= 0.6 is 0 Å². The van der Waals surface area contributed by atoms with Gasteiger partial charge >= 0.3 is 6.18 Å². The van der Waals surface area contributed by atoms with E-state index in [-0.39, 0.29) is 43.8 Å². The van der Waals surface area contributed by atoms with Crippen molar-refractivity contribution in [1.29, 1.82) is 0 Å². The van der Waals surface area contributed by atoms with Crippen LogP contribution in [0.5, 0.6) is 5.75 Å². The third-order valence-electron chi connectivity index (χ3n) is 5.65. The lowest BCUT2D eigenvalue weighted by Crippen LogP contribution is -2.43. The number of aliphatic hydroxyl groups is 1. The summed E-state index contributed by atoms with van der Waals surface area (Å²) in [7, 11) is 0. The molecular weight excluding hydrogens is 455 g/mol. The highest BCUT2D eigenvalue weighted by Crippen LogP contribution is 2.37. The van der Waals surface area contributed by atoms with Crippen molar-refractivity contribution in [3.8, 4) is 5.75 Å². The van der Waals surface area contributed by atoms with E-state index in [0.717, 1.165) is 17.7 Å². The molecule has 1 aliphatic rings. The van der Waals surface area contributed by atoms with Crippen molar-refractivity contribution in [2.75, 3.05) is 31.1 Å². The van der Waals surface area contributed by atoms with E-state index < -0.39 is 28.5 Å². The number of aliphatic hydroxyl groups excluding tert-OH is 1. The molecule has 34 heavy (non-hydrogen) atoms. The number of nitrogens with one attached hydrogen (secondary N) is 1. The van der Waals surface area contributed by atoms with Crippen LogP contribution < -0.4 is 15.0 Å². The van der Waals surface area contributed by atoms with Crippen LogP contribution in [0, 0.1) is 23.0 Å². The predicted molar refractivity (Wildman–Crippen MR) is 119 cm³/mol. The van der Waals surface area contributed by atoms with Crippen LogP contribution in [0.2, 0.25) is 0 Å². The fraction of sp³-hybridized carbons (Fsp3) is 0.435. The second-order valence-corrected chi connectivity index (χ2v) is 8.25. The summed E-state index contributed by atoms with van der Waals surface area (Å²) < 4.78 is 44.3. The summed E-state index contributed by atoms with van der Waals surface area (Å²) in [6.07, 6.45) is -4.83. The molecule has 1 heterocycles. The van der Waals surface area contributed by atoms with Gasteiger partial charge in [0.05, 0.1) is 10.5 Å². The summed E-state index contributed by atoms with van der Waals surface area (Å²) in [5.74, 6) is 0.000860. The zero-order valence-corrected chi connectivity index (χ0v) is 18.5. The molecule has 0 saturated carbocycles. The number of aryl methyl sites for hydroxylation is 1. The molecule has 0 aromatic heterocycles. The van der Waals surface area contributed by atoms with Crippen molar-refractivity contribution >= 4 is 17.3 Å². The van der Waals surface area contributed by atoms with E-state index in [1.54, 1.807) is 11.0 Å². The number of nitro groups is 1. The van der Waals surface area contributed by atoms with Crippen molar-refractivity contribution in [1.82, 2.24) is 5.32 Å². The van der Waals surface area contributed by atoms with Gasteiger partial charge in [0.25, 0.3) is 5.69 Å². The molecule has 1 saturated heterocycles. The number of hydrogen-bond donors (Lipinski definition) is 2. The minimum absolute atomic E-state index is 0.00917. The number of ether oxygens (including phenoxy) is 1. The number of carbonyl (C=O) groups is 1. The Morgan fingerprint density at radius 1 is 1.26 bits per heavy atom. The summed E-state index contributed by atoms with van der Waals surface area (Å²) in [6, 6.07) is 9.82.